The molecule has 0 aliphatic carbocycles. The fourth-order valence-electron chi connectivity index (χ4n) is 3.03. The Morgan fingerprint density at radius 3 is 2.43 bits per heavy atom. The normalized spacial score (nSPS) is 11.0. The summed E-state index contributed by atoms with van der Waals surface area (Å²) < 4.78 is 7.39. The van der Waals surface area contributed by atoms with Crippen molar-refractivity contribution in [1.29, 1.82) is 0 Å². The number of carbonyl (C=O) groups is 1. The summed E-state index contributed by atoms with van der Waals surface area (Å²) in [5, 5.41) is 0. The predicted molar refractivity (Wildman–Crippen MR) is 113 cm³/mol. The van der Waals surface area contributed by atoms with Crippen LogP contribution in [0.15, 0.2) is 85.1 Å². The number of benzene rings is 2. The van der Waals surface area contributed by atoms with Gasteiger partial charge in [0, 0.05) is 38.2 Å². The van der Waals surface area contributed by atoms with Crippen LogP contribution in [-0.4, -0.2) is 35.6 Å². The van der Waals surface area contributed by atoms with Gasteiger partial charge in [0.25, 0.3) is 0 Å². The van der Waals surface area contributed by atoms with Crippen molar-refractivity contribution in [1.82, 2.24) is 9.47 Å². The van der Waals surface area contributed by atoms with E-state index in [-0.39, 0.29) is 5.91 Å². The second-order valence-electron chi connectivity index (χ2n) is 6.61. The first-order valence-corrected chi connectivity index (χ1v) is 9.45. The summed E-state index contributed by atoms with van der Waals surface area (Å²) in [6.45, 7) is 2.38. The van der Waals surface area contributed by atoms with Gasteiger partial charge in [0.15, 0.2) is 0 Å². The number of aromatic nitrogens is 1. The molecule has 1 aromatic heterocycles. The van der Waals surface area contributed by atoms with Crippen molar-refractivity contribution in [3.8, 4) is 0 Å². The zero-order valence-electron chi connectivity index (χ0n) is 16.2. The summed E-state index contributed by atoms with van der Waals surface area (Å²) in [6, 6.07) is 24.3. The van der Waals surface area contributed by atoms with Gasteiger partial charge in [0.1, 0.15) is 0 Å². The molecule has 0 N–H and O–H groups in total. The van der Waals surface area contributed by atoms with Crippen molar-refractivity contribution in [2.24, 2.45) is 0 Å². The molecule has 0 unspecified atom stereocenters. The number of nitrogens with zero attached hydrogens (tertiary/aromatic N) is 2. The maximum atomic E-state index is 12.8. The van der Waals surface area contributed by atoms with Crippen molar-refractivity contribution in [2.45, 2.75) is 13.1 Å². The Kier molecular flexibility index (Phi) is 7.21. The first-order valence-electron chi connectivity index (χ1n) is 9.45. The molecule has 144 valence electrons. The van der Waals surface area contributed by atoms with Crippen LogP contribution in [0.5, 0.6) is 0 Å². The van der Waals surface area contributed by atoms with Gasteiger partial charge in [-0.2, -0.15) is 0 Å². The quantitative estimate of drug-likeness (QED) is 0.526. The van der Waals surface area contributed by atoms with Crippen molar-refractivity contribution >= 4 is 12.0 Å². The maximum Gasteiger partial charge on any atom is 0.247 e. The van der Waals surface area contributed by atoms with Crippen molar-refractivity contribution in [2.75, 3.05) is 20.3 Å². The van der Waals surface area contributed by atoms with Gasteiger partial charge in [-0.3, -0.25) is 4.79 Å². The van der Waals surface area contributed by atoms with E-state index in [1.54, 1.807) is 13.2 Å². The van der Waals surface area contributed by atoms with Crippen LogP contribution in [-0.2, 0) is 22.6 Å². The molecule has 0 saturated carbocycles. The number of ether oxygens (including phenoxy) is 1. The third kappa shape index (κ3) is 5.69. The number of amides is 1. The third-order valence-electron chi connectivity index (χ3n) is 4.57. The summed E-state index contributed by atoms with van der Waals surface area (Å²) in [5.41, 5.74) is 3.34. The molecule has 0 aliphatic heterocycles. The molecule has 0 saturated heterocycles. The average Bonchev–Trinajstić information content (AvgIpc) is 3.17. The van der Waals surface area contributed by atoms with Crippen LogP contribution < -0.4 is 0 Å². The summed E-state index contributed by atoms with van der Waals surface area (Å²) in [4.78, 5) is 14.6. The highest BCUT2D eigenvalue weighted by Gasteiger charge is 2.13. The van der Waals surface area contributed by atoms with Crippen molar-refractivity contribution < 1.29 is 9.53 Å². The molecule has 0 fully saturated rings. The smallest absolute Gasteiger partial charge is 0.247 e. The van der Waals surface area contributed by atoms with E-state index in [9.17, 15) is 4.79 Å². The third-order valence-corrected chi connectivity index (χ3v) is 4.57. The number of carbonyl (C=O) groups excluding carboxylic acids is 1. The fraction of sp³-hybridized carbons (Fsp3) is 0.208. The van der Waals surface area contributed by atoms with Gasteiger partial charge in [-0.15, -0.1) is 0 Å². The van der Waals surface area contributed by atoms with E-state index in [0.29, 0.717) is 19.7 Å². The topological polar surface area (TPSA) is 34.5 Å². The lowest BCUT2D eigenvalue weighted by molar-refractivity contribution is -0.127. The Bertz CT molecular complexity index is 885. The molecule has 0 atom stereocenters. The Labute approximate surface area is 166 Å². The molecule has 2 aromatic carbocycles. The Morgan fingerprint density at radius 1 is 1.00 bits per heavy atom. The van der Waals surface area contributed by atoms with E-state index >= 15 is 0 Å². The number of hydrogen-bond acceptors (Lipinski definition) is 2. The molecular formula is C24H26N2O2. The summed E-state index contributed by atoms with van der Waals surface area (Å²) in [5.74, 6) is -0.0200. The number of hydrogen-bond donors (Lipinski definition) is 0. The van der Waals surface area contributed by atoms with Gasteiger partial charge in [0.2, 0.25) is 5.91 Å². The molecule has 4 nitrogen and oxygen atoms in total. The summed E-state index contributed by atoms with van der Waals surface area (Å²) in [6.07, 6.45) is 5.54. The second kappa shape index (κ2) is 10.3. The van der Waals surface area contributed by atoms with Crippen LogP contribution in [0, 0.1) is 0 Å². The molecule has 1 amide bonds. The lowest BCUT2D eigenvalue weighted by Gasteiger charge is -2.22. The Balaban J connectivity index is 1.71. The fourth-order valence-corrected chi connectivity index (χ4v) is 3.03. The van der Waals surface area contributed by atoms with Crippen LogP contribution in [0.2, 0.25) is 0 Å². The van der Waals surface area contributed by atoms with Crippen molar-refractivity contribution in [3.63, 3.8) is 0 Å². The standard InChI is InChI=1S/C24H26N2O2/c1-28-18-17-26(24(27)15-14-21-9-4-2-5-10-21)20-23-13-8-16-25(23)19-22-11-6-3-7-12-22/h2-16H,17-20H2,1H3/b15-14+. The highest BCUT2D eigenvalue weighted by atomic mass is 16.5. The van der Waals surface area contributed by atoms with Crippen LogP contribution in [0.4, 0.5) is 0 Å². The van der Waals surface area contributed by atoms with E-state index in [0.717, 1.165) is 17.8 Å². The van der Waals surface area contributed by atoms with Gasteiger partial charge in [-0.25, -0.2) is 0 Å². The van der Waals surface area contributed by atoms with E-state index in [4.69, 9.17) is 4.74 Å². The average molecular weight is 374 g/mol. The van der Waals surface area contributed by atoms with E-state index in [1.807, 2.05) is 65.6 Å². The molecule has 0 bridgehead atoms. The van der Waals surface area contributed by atoms with E-state index in [1.165, 1.54) is 5.56 Å². The first-order chi connectivity index (χ1) is 13.8. The zero-order chi connectivity index (χ0) is 19.6. The molecule has 3 aromatic rings. The lowest BCUT2D eigenvalue weighted by atomic mass is 10.2. The van der Waals surface area contributed by atoms with Crippen LogP contribution >= 0.6 is 0 Å². The minimum atomic E-state index is -0.0200. The highest BCUT2D eigenvalue weighted by Crippen LogP contribution is 2.12. The largest absolute Gasteiger partial charge is 0.383 e. The Morgan fingerprint density at radius 2 is 1.71 bits per heavy atom. The number of methoxy groups -OCH3 is 1. The van der Waals surface area contributed by atoms with Crippen LogP contribution in [0.1, 0.15) is 16.8 Å². The zero-order valence-corrected chi connectivity index (χ0v) is 16.2. The monoisotopic (exact) mass is 374 g/mol. The highest BCUT2D eigenvalue weighted by molar-refractivity contribution is 5.91. The van der Waals surface area contributed by atoms with Crippen LogP contribution in [0.3, 0.4) is 0 Å². The second-order valence-corrected chi connectivity index (χ2v) is 6.61. The first kappa shape index (κ1) is 19.6. The number of rotatable bonds is 9. The van der Waals surface area contributed by atoms with Gasteiger partial charge in [0.05, 0.1) is 13.2 Å². The molecule has 3 rings (SSSR count). The van der Waals surface area contributed by atoms with E-state index in [2.05, 4.69) is 29.0 Å². The van der Waals surface area contributed by atoms with Gasteiger partial charge in [-0.1, -0.05) is 60.7 Å². The summed E-state index contributed by atoms with van der Waals surface area (Å²) >= 11 is 0. The minimum absolute atomic E-state index is 0.0200. The predicted octanol–water partition coefficient (Wildman–Crippen LogP) is 4.22. The minimum Gasteiger partial charge on any atom is -0.383 e. The molecule has 0 aliphatic rings. The molecule has 0 spiro atoms. The van der Waals surface area contributed by atoms with Gasteiger partial charge in [-0.05, 0) is 29.3 Å². The van der Waals surface area contributed by atoms with Gasteiger partial charge < -0.3 is 14.2 Å². The molecular weight excluding hydrogens is 348 g/mol. The van der Waals surface area contributed by atoms with Gasteiger partial charge >= 0.3 is 0 Å². The van der Waals surface area contributed by atoms with Crippen molar-refractivity contribution in [3.05, 3.63) is 102 Å². The lowest BCUT2D eigenvalue weighted by Crippen LogP contribution is -2.33. The Hall–Kier alpha value is -3.11. The molecule has 28 heavy (non-hydrogen) atoms. The molecule has 0 radical (unpaired) electrons. The van der Waals surface area contributed by atoms with Crippen LogP contribution in [0.25, 0.3) is 6.08 Å². The summed E-state index contributed by atoms with van der Waals surface area (Å²) in [7, 11) is 1.65. The van der Waals surface area contributed by atoms with E-state index < -0.39 is 0 Å². The molecule has 1 heterocycles. The maximum absolute atomic E-state index is 12.8. The molecule has 4 heteroatoms. The SMILES string of the molecule is COCCN(Cc1cccn1Cc1ccccc1)C(=O)/C=C/c1ccccc1.